The number of nitrogens with one attached hydrogen (secondary N) is 1. The second kappa shape index (κ2) is 13.5. The monoisotopic (exact) mass is 583 g/mol. The maximum absolute atomic E-state index is 13.7. The second-order valence-electron chi connectivity index (χ2n) is 9.49. The molecular formula is C27H35Cl2N3O5S. The van der Waals surface area contributed by atoms with Crippen molar-refractivity contribution in [3.63, 3.8) is 0 Å². The minimum Gasteiger partial charge on any atom is -0.494 e. The summed E-state index contributed by atoms with van der Waals surface area (Å²) in [4.78, 5) is 28.3. The largest absolute Gasteiger partial charge is 0.494 e. The minimum atomic E-state index is -3.82. The molecule has 0 heterocycles. The summed E-state index contributed by atoms with van der Waals surface area (Å²) in [6.07, 6.45) is 6.10. The van der Waals surface area contributed by atoms with Gasteiger partial charge in [-0.05, 0) is 68.7 Å². The standard InChI is InChI=1S/C27H35Cl2N3O5S/c1-4-37-23-13-11-22(12-14-23)32(38(3,35)36)18-26(33)31(17-20-10-15-24(28)25(29)16-20)19(2)27(34)30-21-8-6-5-7-9-21/h10-16,19,21H,4-9,17-18H2,1-3H3,(H,30,34). The molecule has 1 saturated carbocycles. The molecule has 0 bridgehead atoms. The number of nitrogens with zero attached hydrogens (tertiary/aromatic N) is 2. The molecule has 38 heavy (non-hydrogen) atoms. The van der Waals surface area contributed by atoms with Gasteiger partial charge in [0.2, 0.25) is 21.8 Å². The van der Waals surface area contributed by atoms with E-state index in [1.54, 1.807) is 49.4 Å². The van der Waals surface area contributed by atoms with Crippen molar-refractivity contribution in [2.24, 2.45) is 0 Å². The molecule has 1 atom stereocenters. The number of anilines is 1. The molecule has 208 valence electrons. The Labute approximate surface area is 235 Å². The number of ether oxygens (including phenoxy) is 1. The summed E-state index contributed by atoms with van der Waals surface area (Å²) < 4.78 is 31.9. The molecule has 2 amide bonds. The van der Waals surface area contributed by atoms with Crippen LogP contribution in [-0.4, -0.2) is 56.6 Å². The van der Waals surface area contributed by atoms with Crippen molar-refractivity contribution in [3.05, 3.63) is 58.1 Å². The van der Waals surface area contributed by atoms with Gasteiger partial charge in [-0.1, -0.05) is 48.5 Å². The maximum Gasteiger partial charge on any atom is 0.244 e. The predicted octanol–water partition coefficient (Wildman–Crippen LogP) is 5.02. The van der Waals surface area contributed by atoms with Crippen molar-refractivity contribution in [1.29, 1.82) is 0 Å². The lowest BCUT2D eigenvalue weighted by Gasteiger charge is -2.33. The van der Waals surface area contributed by atoms with Gasteiger partial charge in [0.15, 0.2) is 0 Å². The average molecular weight is 585 g/mol. The number of sulfonamides is 1. The van der Waals surface area contributed by atoms with Crippen LogP contribution >= 0.6 is 23.2 Å². The Bertz CT molecular complexity index is 1220. The highest BCUT2D eigenvalue weighted by molar-refractivity contribution is 7.92. The van der Waals surface area contributed by atoms with E-state index in [0.29, 0.717) is 33.7 Å². The van der Waals surface area contributed by atoms with Crippen LogP contribution in [-0.2, 0) is 26.2 Å². The SMILES string of the molecule is CCOc1ccc(N(CC(=O)N(Cc2ccc(Cl)c(Cl)c2)C(C)C(=O)NC2CCCCC2)S(C)(=O)=O)cc1. The fourth-order valence-electron chi connectivity index (χ4n) is 4.48. The first kappa shape index (κ1) is 30.1. The highest BCUT2D eigenvalue weighted by Crippen LogP contribution is 2.25. The third kappa shape index (κ3) is 8.25. The van der Waals surface area contributed by atoms with E-state index in [0.717, 1.165) is 42.7 Å². The van der Waals surface area contributed by atoms with E-state index in [1.807, 2.05) is 6.92 Å². The quantitative estimate of drug-likeness (QED) is 0.400. The average Bonchev–Trinajstić information content (AvgIpc) is 2.88. The maximum atomic E-state index is 13.7. The van der Waals surface area contributed by atoms with Gasteiger partial charge in [-0.25, -0.2) is 8.42 Å². The van der Waals surface area contributed by atoms with Gasteiger partial charge in [-0.2, -0.15) is 0 Å². The van der Waals surface area contributed by atoms with E-state index in [2.05, 4.69) is 5.32 Å². The number of hydrogen-bond acceptors (Lipinski definition) is 5. The molecule has 8 nitrogen and oxygen atoms in total. The molecule has 0 aromatic heterocycles. The van der Waals surface area contributed by atoms with E-state index in [9.17, 15) is 18.0 Å². The Morgan fingerprint density at radius 3 is 2.29 bits per heavy atom. The topological polar surface area (TPSA) is 96.0 Å². The van der Waals surface area contributed by atoms with Gasteiger partial charge in [0.05, 0.1) is 28.6 Å². The Kier molecular flexibility index (Phi) is 10.7. The minimum absolute atomic E-state index is 0.0514. The molecule has 0 radical (unpaired) electrons. The van der Waals surface area contributed by atoms with Crippen LogP contribution in [0.3, 0.4) is 0 Å². The van der Waals surface area contributed by atoms with E-state index >= 15 is 0 Å². The summed E-state index contributed by atoms with van der Waals surface area (Å²) in [7, 11) is -3.82. The first-order valence-electron chi connectivity index (χ1n) is 12.7. The van der Waals surface area contributed by atoms with Crippen molar-refractivity contribution < 1.29 is 22.7 Å². The molecule has 3 rings (SSSR count). The van der Waals surface area contributed by atoms with Crippen LogP contribution in [0.2, 0.25) is 10.0 Å². The Hall–Kier alpha value is -2.49. The van der Waals surface area contributed by atoms with Crippen LogP contribution in [0.15, 0.2) is 42.5 Å². The Morgan fingerprint density at radius 2 is 1.71 bits per heavy atom. The number of carbonyl (C=O) groups is 2. The number of hydrogen-bond donors (Lipinski definition) is 1. The van der Waals surface area contributed by atoms with E-state index < -0.39 is 28.5 Å². The zero-order valence-electron chi connectivity index (χ0n) is 22.0. The number of amides is 2. The zero-order valence-corrected chi connectivity index (χ0v) is 24.3. The molecule has 1 unspecified atom stereocenters. The summed E-state index contributed by atoms with van der Waals surface area (Å²) >= 11 is 12.3. The molecule has 1 aliphatic rings. The predicted molar refractivity (Wildman–Crippen MR) is 151 cm³/mol. The van der Waals surface area contributed by atoms with Crippen LogP contribution < -0.4 is 14.4 Å². The van der Waals surface area contributed by atoms with Crippen LogP contribution in [0.5, 0.6) is 5.75 Å². The molecule has 1 fully saturated rings. The number of benzene rings is 2. The van der Waals surface area contributed by atoms with Crippen molar-refractivity contribution in [2.45, 2.75) is 64.6 Å². The third-order valence-corrected chi connectivity index (χ3v) is 8.45. The van der Waals surface area contributed by atoms with E-state index in [1.165, 1.54) is 4.90 Å². The Balaban J connectivity index is 1.87. The smallest absolute Gasteiger partial charge is 0.244 e. The molecule has 0 saturated heterocycles. The summed E-state index contributed by atoms with van der Waals surface area (Å²) in [5.74, 6) is -0.218. The zero-order chi connectivity index (χ0) is 27.9. The molecule has 0 aliphatic heterocycles. The number of halogens is 2. The van der Waals surface area contributed by atoms with Gasteiger partial charge in [0.25, 0.3) is 0 Å². The summed E-state index contributed by atoms with van der Waals surface area (Å²) in [5.41, 5.74) is 0.982. The van der Waals surface area contributed by atoms with Crippen LogP contribution in [0, 0.1) is 0 Å². The van der Waals surface area contributed by atoms with E-state index in [-0.39, 0.29) is 18.5 Å². The lowest BCUT2D eigenvalue weighted by molar-refractivity contribution is -0.139. The summed E-state index contributed by atoms with van der Waals surface area (Å²) in [5, 5.41) is 3.76. The normalized spacial score (nSPS) is 15.0. The molecule has 11 heteroatoms. The fraction of sp³-hybridized carbons (Fsp3) is 0.481. The number of rotatable bonds is 11. The van der Waals surface area contributed by atoms with Crippen molar-refractivity contribution in [1.82, 2.24) is 10.2 Å². The summed E-state index contributed by atoms with van der Waals surface area (Å²) in [6.45, 7) is 3.54. The summed E-state index contributed by atoms with van der Waals surface area (Å²) in [6, 6.07) is 10.7. The van der Waals surface area contributed by atoms with E-state index in [4.69, 9.17) is 27.9 Å². The van der Waals surface area contributed by atoms with Gasteiger partial charge < -0.3 is 15.0 Å². The fourth-order valence-corrected chi connectivity index (χ4v) is 5.65. The van der Waals surface area contributed by atoms with Gasteiger partial charge in [0.1, 0.15) is 18.3 Å². The molecular weight excluding hydrogens is 549 g/mol. The van der Waals surface area contributed by atoms with Crippen molar-refractivity contribution in [2.75, 3.05) is 23.7 Å². The van der Waals surface area contributed by atoms with Crippen LogP contribution in [0.4, 0.5) is 5.69 Å². The van der Waals surface area contributed by atoms with Crippen LogP contribution in [0.1, 0.15) is 51.5 Å². The Morgan fingerprint density at radius 1 is 1.05 bits per heavy atom. The molecule has 1 N–H and O–H groups in total. The van der Waals surface area contributed by atoms with Gasteiger partial charge >= 0.3 is 0 Å². The highest BCUT2D eigenvalue weighted by Gasteiger charge is 2.31. The molecule has 2 aromatic carbocycles. The lowest BCUT2D eigenvalue weighted by Crippen LogP contribution is -2.52. The lowest BCUT2D eigenvalue weighted by atomic mass is 9.95. The molecule has 1 aliphatic carbocycles. The van der Waals surface area contributed by atoms with Gasteiger partial charge in [-0.15, -0.1) is 0 Å². The van der Waals surface area contributed by atoms with Gasteiger partial charge in [0, 0.05) is 12.6 Å². The first-order valence-corrected chi connectivity index (χ1v) is 15.3. The van der Waals surface area contributed by atoms with Crippen molar-refractivity contribution in [3.8, 4) is 5.75 Å². The van der Waals surface area contributed by atoms with Crippen molar-refractivity contribution >= 4 is 50.7 Å². The third-order valence-electron chi connectivity index (χ3n) is 6.57. The highest BCUT2D eigenvalue weighted by atomic mass is 35.5. The first-order chi connectivity index (χ1) is 18.0. The molecule has 0 spiro atoms. The van der Waals surface area contributed by atoms with Gasteiger partial charge in [-0.3, -0.25) is 13.9 Å². The number of carbonyl (C=O) groups excluding carboxylic acids is 2. The van der Waals surface area contributed by atoms with Crippen LogP contribution in [0.25, 0.3) is 0 Å². The molecule has 2 aromatic rings. The second-order valence-corrected chi connectivity index (χ2v) is 12.2.